The molecule has 0 fully saturated rings. The highest BCUT2D eigenvalue weighted by atomic mass is 16.1. The molecule has 0 saturated heterocycles. The fourth-order valence-electron chi connectivity index (χ4n) is 1.36. The number of nitrogens with one attached hydrogen (secondary N) is 1. The van der Waals surface area contributed by atoms with Crippen molar-refractivity contribution in [2.75, 3.05) is 5.32 Å². The number of carbonyl (C=O) groups is 1. The van der Waals surface area contributed by atoms with Crippen LogP contribution >= 0.6 is 0 Å². The smallest absolute Gasteiger partial charge is 0.238 e. The number of aromatic nitrogens is 2. The number of hydrogen-bond acceptors (Lipinski definition) is 4. The molecule has 0 aliphatic carbocycles. The molecule has 0 aliphatic heterocycles. The summed E-state index contributed by atoms with van der Waals surface area (Å²) in [5.41, 5.74) is 1.90. The molecule has 78 valence electrons. The first-order valence-corrected chi connectivity index (χ1v) is 4.68. The van der Waals surface area contributed by atoms with Crippen LogP contribution in [0, 0.1) is 11.3 Å². The molecule has 0 radical (unpaired) electrons. The maximum Gasteiger partial charge on any atom is 0.238 e. The van der Waals surface area contributed by atoms with Gasteiger partial charge in [0.1, 0.15) is 11.9 Å². The van der Waals surface area contributed by atoms with Gasteiger partial charge in [0.25, 0.3) is 0 Å². The van der Waals surface area contributed by atoms with Crippen molar-refractivity contribution in [1.29, 1.82) is 5.26 Å². The first-order chi connectivity index (χ1) is 7.81. The van der Waals surface area contributed by atoms with Gasteiger partial charge in [-0.2, -0.15) is 5.26 Å². The third-order valence-electron chi connectivity index (χ3n) is 2.01. The second-order valence-corrected chi connectivity index (χ2v) is 3.11. The standard InChI is InChI=1S/C11H8N4O/c12-5-4-10(16)15-9-3-1-2-8-11(9)14-7-6-13-8/h1-3,6-7H,4H2,(H,15,16). The van der Waals surface area contributed by atoms with Crippen molar-refractivity contribution in [2.24, 2.45) is 0 Å². The van der Waals surface area contributed by atoms with E-state index in [9.17, 15) is 4.79 Å². The van der Waals surface area contributed by atoms with E-state index in [-0.39, 0.29) is 12.3 Å². The molecule has 0 atom stereocenters. The second-order valence-electron chi connectivity index (χ2n) is 3.11. The van der Waals surface area contributed by atoms with Gasteiger partial charge in [-0.3, -0.25) is 14.8 Å². The van der Waals surface area contributed by atoms with Crippen LogP contribution in [0.5, 0.6) is 0 Å². The van der Waals surface area contributed by atoms with Crippen LogP contribution in [0.25, 0.3) is 11.0 Å². The van der Waals surface area contributed by atoms with Crippen LogP contribution in [0.15, 0.2) is 30.6 Å². The molecule has 16 heavy (non-hydrogen) atoms. The van der Waals surface area contributed by atoms with E-state index in [1.807, 2.05) is 6.07 Å². The summed E-state index contributed by atoms with van der Waals surface area (Å²) in [5, 5.41) is 11.0. The fourth-order valence-corrected chi connectivity index (χ4v) is 1.36. The number of nitriles is 1. The van der Waals surface area contributed by atoms with Crippen LogP contribution in [0.4, 0.5) is 5.69 Å². The normalized spacial score (nSPS) is 9.69. The predicted molar refractivity (Wildman–Crippen MR) is 58.4 cm³/mol. The van der Waals surface area contributed by atoms with Crippen molar-refractivity contribution in [3.63, 3.8) is 0 Å². The van der Waals surface area contributed by atoms with Crippen molar-refractivity contribution < 1.29 is 4.79 Å². The zero-order chi connectivity index (χ0) is 11.4. The van der Waals surface area contributed by atoms with Crippen LogP contribution < -0.4 is 5.32 Å². The summed E-state index contributed by atoms with van der Waals surface area (Å²) in [7, 11) is 0. The number of benzene rings is 1. The zero-order valence-electron chi connectivity index (χ0n) is 8.34. The Morgan fingerprint density at radius 2 is 2.19 bits per heavy atom. The van der Waals surface area contributed by atoms with Crippen LogP contribution in [-0.4, -0.2) is 15.9 Å². The topological polar surface area (TPSA) is 78.7 Å². The van der Waals surface area contributed by atoms with Gasteiger partial charge in [-0.15, -0.1) is 0 Å². The zero-order valence-corrected chi connectivity index (χ0v) is 8.34. The highest BCUT2D eigenvalue weighted by Gasteiger charge is 2.05. The Kier molecular flexibility index (Phi) is 2.74. The van der Waals surface area contributed by atoms with Gasteiger partial charge in [-0.25, -0.2) is 0 Å². The van der Waals surface area contributed by atoms with Crippen LogP contribution in [0.3, 0.4) is 0 Å². The molecule has 0 aliphatic rings. The lowest BCUT2D eigenvalue weighted by Crippen LogP contribution is -2.10. The van der Waals surface area contributed by atoms with Crippen LogP contribution in [-0.2, 0) is 4.79 Å². The van der Waals surface area contributed by atoms with Gasteiger partial charge in [-0.05, 0) is 12.1 Å². The van der Waals surface area contributed by atoms with Crippen molar-refractivity contribution in [3.05, 3.63) is 30.6 Å². The molecule has 0 unspecified atom stereocenters. The van der Waals surface area contributed by atoms with Gasteiger partial charge in [0.05, 0.1) is 17.3 Å². The van der Waals surface area contributed by atoms with E-state index >= 15 is 0 Å². The molecule has 2 rings (SSSR count). The van der Waals surface area contributed by atoms with Gasteiger partial charge in [0.2, 0.25) is 5.91 Å². The monoisotopic (exact) mass is 212 g/mol. The summed E-state index contributed by atoms with van der Waals surface area (Å²) in [6.07, 6.45) is 2.97. The van der Waals surface area contributed by atoms with Crippen molar-refractivity contribution in [3.8, 4) is 6.07 Å². The highest BCUT2D eigenvalue weighted by Crippen LogP contribution is 2.18. The van der Waals surface area contributed by atoms with E-state index in [0.29, 0.717) is 16.7 Å². The Morgan fingerprint density at radius 3 is 3.00 bits per heavy atom. The van der Waals surface area contributed by atoms with Gasteiger partial charge < -0.3 is 5.32 Å². The first-order valence-electron chi connectivity index (χ1n) is 4.68. The lowest BCUT2D eigenvalue weighted by atomic mass is 10.2. The largest absolute Gasteiger partial charge is 0.323 e. The summed E-state index contributed by atoms with van der Waals surface area (Å²) in [4.78, 5) is 19.5. The van der Waals surface area contributed by atoms with Gasteiger partial charge in [0, 0.05) is 12.4 Å². The minimum atomic E-state index is -0.347. The molecule has 1 aromatic carbocycles. The van der Waals surface area contributed by atoms with Gasteiger partial charge >= 0.3 is 0 Å². The molecule has 0 spiro atoms. The van der Waals surface area contributed by atoms with E-state index < -0.39 is 0 Å². The molecular formula is C11H8N4O. The SMILES string of the molecule is N#CCC(=O)Nc1cccc2nccnc12. The van der Waals surface area contributed by atoms with Crippen LogP contribution in [0.1, 0.15) is 6.42 Å². The molecular weight excluding hydrogens is 204 g/mol. The number of hydrogen-bond donors (Lipinski definition) is 1. The molecule has 0 saturated carbocycles. The Morgan fingerprint density at radius 1 is 1.38 bits per heavy atom. The van der Waals surface area contributed by atoms with Gasteiger partial charge in [0.15, 0.2) is 0 Å². The minimum absolute atomic E-state index is 0.170. The Labute approximate surface area is 91.8 Å². The number of fused-ring (bicyclic) bond motifs is 1. The third kappa shape index (κ3) is 1.96. The molecule has 1 aromatic heterocycles. The molecule has 1 amide bonds. The fraction of sp³-hybridized carbons (Fsp3) is 0.0909. The number of rotatable bonds is 2. The van der Waals surface area contributed by atoms with E-state index in [0.717, 1.165) is 0 Å². The number of carbonyl (C=O) groups excluding carboxylic acids is 1. The van der Waals surface area contributed by atoms with E-state index in [2.05, 4.69) is 15.3 Å². The third-order valence-corrected chi connectivity index (χ3v) is 2.01. The second kappa shape index (κ2) is 4.36. The van der Waals surface area contributed by atoms with Crippen molar-refractivity contribution in [1.82, 2.24) is 9.97 Å². The Bertz CT molecular complexity index is 568. The highest BCUT2D eigenvalue weighted by molar-refractivity contribution is 5.99. The minimum Gasteiger partial charge on any atom is -0.323 e. The molecule has 5 nitrogen and oxygen atoms in total. The lowest BCUT2D eigenvalue weighted by Gasteiger charge is -2.05. The molecule has 1 heterocycles. The summed E-state index contributed by atoms with van der Waals surface area (Å²) >= 11 is 0. The average Bonchev–Trinajstić information content (AvgIpc) is 2.30. The molecule has 1 N–H and O–H groups in total. The van der Waals surface area contributed by atoms with Gasteiger partial charge in [-0.1, -0.05) is 6.07 Å². The summed E-state index contributed by atoms with van der Waals surface area (Å²) < 4.78 is 0. The summed E-state index contributed by atoms with van der Waals surface area (Å²) in [6.45, 7) is 0. The number of nitrogens with zero attached hydrogens (tertiary/aromatic N) is 3. The summed E-state index contributed by atoms with van der Waals surface area (Å²) in [6, 6.07) is 7.10. The van der Waals surface area contributed by atoms with Crippen LogP contribution in [0.2, 0.25) is 0 Å². The van der Waals surface area contributed by atoms with E-state index in [1.54, 1.807) is 30.6 Å². The number of amides is 1. The molecule has 0 bridgehead atoms. The maximum atomic E-state index is 11.3. The summed E-state index contributed by atoms with van der Waals surface area (Å²) in [5.74, 6) is -0.347. The number of anilines is 1. The number of para-hydroxylation sites is 1. The lowest BCUT2D eigenvalue weighted by molar-refractivity contribution is -0.115. The van der Waals surface area contributed by atoms with Crippen molar-refractivity contribution in [2.45, 2.75) is 6.42 Å². The molecule has 2 aromatic rings. The molecule has 5 heteroatoms. The Balaban J connectivity index is 2.38. The maximum absolute atomic E-state index is 11.3. The van der Waals surface area contributed by atoms with Crippen molar-refractivity contribution >= 4 is 22.6 Å². The predicted octanol–water partition coefficient (Wildman–Crippen LogP) is 1.48. The quantitative estimate of drug-likeness (QED) is 0.817. The van der Waals surface area contributed by atoms with E-state index in [1.165, 1.54) is 0 Å². The first kappa shape index (κ1) is 10.1. The Hall–Kier alpha value is -2.48. The average molecular weight is 212 g/mol. The van der Waals surface area contributed by atoms with E-state index in [4.69, 9.17) is 5.26 Å².